The van der Waals surface area contributed by atoms with E-state index in [4.69, 9.17) is 20.8 Å². The van der Waals surface area contributed by atoms with Crippen LogP contribution in [-0.4, -0.2) is 29.4 Å². The van der Waals surface area contributed by atoms with E-state index in [9.17, 15) is 23.6 Å². The van der Waals surface area contributed by atoms with Crippen LogP contribution in [0.25, 0.3) is 11.0 Å². The number of rotatable bonds is 6. The molecule has 0 saturated heterocycles. The molecule has 0 saturated carbocycles. The number of amides is 2. The zero-order chi connectivity index (χ0) is 31.6. The third-order valence-corrected chi connectivity index (χ3v) is 9.19. The lowest BCUT2D eigenvalue weighted by atomic mass is 9.84. The standard InChI is InChI=1S/C33H21ClFN3O6S/c1-3-14-43-30(41)28-17(2)36-32(45-28)38-29(40)27-25(26(39)21-15-19(34)10-13-24(21)44-27)33(38)22-6-4-5-7-23(22)37(31(33)42)16-18-8-11-20(35)12-9-18/h3-13,15H,1,14,16H2,2H3. The number of hydrogen-bond donors (Lipinski definition) is 0. The molecule has 12 heteroatoms. The summed E-state index contributed by atoms with van der Waals surface area (Å²) in [6, 6.07) is 16.9. The molecule has 0 N–H and O–H groups in total. The van der Waals surface area contributed by atoms with E-state index in [1.807, 2.05) is 0 Å². The maximum Gasteiger partial charge on any atom is 0.350 e. The summed E-state index contributed by atoms with van der Waals surface area (Å²) in [7, 11) is 0. The number of halogens is 2. The van der Waals surface area contributed by atoms with Crippen LogP contribution in [-0.2, 0) is 21.6 Å². The molecule has 0 aliphatic carbocycles. The summed E-state index contributed by atoms with van der Waals surface area (Å²) in [5.41, 5.74) is -1.10. The molecule has 5 aromatic rings. The first-order valence-corrected chi connectivity index (χ1v) is 14.9. The molecule has 2 aliphatic rings. The molecule has 224 valence electrons. The number of thiazole rings is 1. The molecule has 2 amide bonds. The van der Waals surface area contributed by atoms with Gasteiger partial charge in [-0.2, -0.15) is 0 Å². The molecule has 0 radical (unpaired) electrons. The molecule has 2 aliphatic heterocycles. The number of fused-ring (bicyclic) bond motifs is 5. The Morgan fingerprint density at radius 2 is 1.89 bits per heavy atom. The van der Waals surface area contributed by atoms with Crippen LogP contribution in [0.1, 0.15) is 42.6 Å². The molecule has 2 aromatic heterocycles. The molecule has 9 nitrogen and oxygen atoms in total. The number of nitrogens with zero attached hydrogens (tertiary/aromatic N) is 3. The molecule has 7 rings (SSSR count). The monoisotopic (exact) mass is 641 g/mol. The Hall–Kier alpha value is -5.13. The van der Waals surface area contributed by atoms with Gasteiger partial charge in [-0.3, -0.25) is 19.3 Å². The number of carbonyl (C=O) groups excluding carboxylic acids is 3. The van der Waals surface area contributed by atoms with Crippen molar-refractivity contribution in [2.24, 2.45) is 0 Å². The van der Waals surface area contributed by atoms with Crippen molar-refractivity contribution in [1.29, 1.82) is 0 Å². The number of aryl methyl sites for hydroxylation is 1. The van der Waals surface area contributed by atoms with Gasteiger partial charge in [0.25, 0.3) is 11.8 Å². The van der Waals surface area contributed by atoms with Crippen molar-refractivity contribution < 1.29 is 27.9 Å². The minimum absolute atomic E-state index is 0.00993. The van der Waals surface area contributed by atoms with Crippen molar-refractivity contribution >= 4 is 62.5 Å². The minimum Gasteiger partial charge on any atom is -0.457 e. The zero-order valence-electron chi connectivity index (χ0n) is 23.5. The summed E-state index contributed by atoms with van der Waals surface area (Å²) < 4.78 is 25.0. The molecular weight excluding hydrogens is 621 g/mol. The van der Waals surface area contributed by atoms with E-state index >= 15 is 0 Å². The fourth-order valence-electron chi connectivity index (χ4n) is 5.93. The van der Waals surface area contributed by atoms with Gasteiger partial charge in [-0.25, -0.2) is 14.2 Å². The molecule has 1 unspecified atom stereocenters. The first kappa shape index (κ1) is 28.6. The van der Waals surface area contributed by atoms with E-state index < -0.39 is 34.6 Å². The Balaban J connectivity index is 1.51. The second kappa shape index (κ2) is 10.5. The van der Waals surface area contributed by atoms with Gasteiger partial charge in [0.15, 0.2) is 16.1 Å². The van der Waals surface area contributed by atoms with Gasteiger partial charge in [0, 0.05) is 10.6 Å². The predicted molar refractivity (Wildman–Crippen MR) is 166 cm³/mol. The van der Waals surface area contributed by atoms with Gasteiger partial charge < -0.3 is 14.1 Å². The quantitative estimate of drug-likeness (QED) is 0.162. The Morgan fingerprint density at radius 3 is 2.64 bits per heavy atom. The lowest BCUT2D eigenvalue weighted by Gasteiger charge is -2.32. The lowest BCUT2D eigenvalue weighted by molar-refractivity contribution is -0.121. The van der Waals surface area contributed by atoms with E-state index in [1.165, 1.54) is 41.3 Å². The first-order chi connectivity index (χ1) is 21.7. The van der Waals surface area contributed by atoms with Crippen molar-refractivity contribution in [3.63, 3.8) is 0 Å². The van der Waals surface area contributed by atoms with E-state index in [-0.39, 0.29) is 56.2 Å². The third-order valence-electron chi connectivity index (χ3n) is 7.83. The van der Waals surface area contributed by atoms with E-state index in [0.29, 0.717) is 16.8 Å². The van der Waals surface area contributed by atoms with Crippen LogP contribution >= 0.6 is 22.9 Å². The lowest BCUT2D eigenvalue weighted by Crippen LogP contribution is -2.53. The van der Waals surface area contributed by atoms with Crippen molar-refractivity contribution in [2.45, 2.75) is 19.0 Å². The highest BCUT2D eigenvalue weighted by molar-refractivity contribution is 7.17. The fraction of sp³-hybridized carbons (Fsp3) is 0.121. The Labute approximate surface area is 263 Å². The average Bonchev–Trinajstić information content (AvgIpc) is 3.62. The SMILES string of the molecule is C=CCOC(=O)c1sc(N2C(=O)c3oc4ccc(Cl)cc4c(=O)c3C23C(=O)N(Cc2ccc(F)cc2)c2ccccc23)nc1C. The van der Waals surface area contributed by atoms with Gasteiger partial charge in [0.1, 0.15) is 22.9 Å². The Bertz CT molecular complexity index is 2160. The molecule has 45 heavy (non-hydrogen) atoms. The largest absolute Gasteiger partial charge is 0.457 e. The number of benzene rings is 3. The van der Waals surface area contributed by atoms with Gasteiger partial charge >= 0.3 is 5.97 Å². The number of esters is 1. The Kier molecular flexibility index (Phi) is 6.68. The maximum absolute atomic E-state index is 15.0. The number of ether oxygens (including phenoxy) is 1. The van der Waals surface area contributed by atoms with Crippen LogP contribution in [0, 0.1) is 12.7 Å². The second-order valence-electron chi connectivity index (χ2n) is 10.5. The van der Waals surface area contributed by atoms with Crippen LogP contribution < -0.4 is 15.2 Å². The molecule has 0 fully saturated rings. The predicted octanol–water partition coefficient (Wildman–Crippen LogP) is 6.14. The minimum atomic E-state index is -2.05. The normalized spacial score (nSPS) is 16.9. The number of carbonyl (C=O) groups is 3. The van der Waals surface area contributed by atoms with Crippen LogP contribution in [0.4, 0.5) is 15.2 Å². The molecule has 4 heterocycles. The van der Waals surface area contributed by atoms with Crippen molar-refractivity contribution in [2.75, 3.05) is 16.4 Å². The van der Waals surface area contributed by atoms with Crippen molar-refractivity contribution in [1.82, 2.24) is 4.98 Å². The smallest absolute Gasteiger partial charge is 0.350 e. The highest BCUT2D eigenvalue weighted by Gasteiger charge is 2.66. The number of hydrogen-bond acceptors (Lipinski definition) is 8. The average molecular weight is 642 g/mol. The summed E-state index contributed by atoms with van der Waals surface area (Å²) in [4.78, 5) is 63.9. The van der Waals surface area contributed by atoms with Crippen molar-refractivity contribution in [3.8, 4) is 0 Å². The molecule has 0 bridgehead atoms. The molecule has 3 aromatic carbocycles. The summed E-state index contributed by atoms with van der Waals surface area (Å²) in [6.45, 7) is 5.10. The highest BCUT2D eigenvalue weighted by atomic mass is 35.5. The molecule has 1 spiro atoms. The van der Waals surface area contributed by atoms with E-state index in [0.717, 1.165) is 16.2 Å². The van der Waals surface area contributed by atoms with Gasteiger partial charge in [0.05, 0.1) is 28.9 Å². The number of aromatic nitrogens is 1. The van der Waals surface area contributed by atoms with E-state index in [2.05, 4.69) is 11.6 Å². The third kappa shape index (κ3) is 4.15. The van der Waals surface area contributed by atoms with Gasteiger partial charge in [-0.15, -0.1) is 0 Å². The summed E-state index contributed by atoms with van der Waals surface area (Å²) >= 11 is 7.10. The van der Waals surface area contributed by atoms with E-state index in [1.54, 1.807) is 43.3 Å². The van der Waals surface area contributed by atoms with Gasteiger partial charge in [-0.05, 0) is 48.9 Å². The highest BCUT2D eigenvalue weighted by Crippen LogP contribution is 2.55. The van der Waals surface area contributed by atoms with Crippen LogP contribution in [0.3, 0.4) is 0 Å². The number of anilines is 2. The van der Waals surface area contributed by atoms with Gasteiger partial charge in [0.2, 0.25) is 5.76 Å². The number of para-hydroxylation sites is 1. The summed E-state index contributed by atoms with van der Waals surface area (Å²) in [5.74, 6) is -2.86. The molecular formula is C33H21ClFN3O6S. The fourth-order valence-corrected chi connectivity index (χ4v) is 7.12. The van der Waals surface area contributed by atoms with Crippen LogP contribution in [0.5, 0.6) is 0 Å². The zero-order valence-corrected chi connectivity index (χ0v) is 25.1. The second-order valence-corrected chi connectivity index (χ2v) is 11.9. The molecule has 1 atom stereocenters. The van der Waals surface area contributed by atoms with Crippen LogP contribution in [0.2, 0.25) is 5.02 Å². The van der Waals surface area contributed by atoms with Crippen molar-refractivity contribution in [3.05, 3.63) is 133 Å². The summed E-state index contributed by atoms with van der Waals surface area (Å²) in [6.07, 6.45) is 1.42. The first-order valence-electron chi connectivity index (χ1n) is 13.7. The topological polar surface area (TPSA) is 110 Å². The Morgan fingerprint density at radius 1 is 1.13 bits per heavy atom. The maximum atomic E-state index is 15.0. The van der Waals surface area contributed by atoms with Crippen LogP contribution in [0.15, 0.2) is 88.6 Å². The summed E-state index contributed by atoms with van der Waals surface area (Å²) in [5, 5.41) is 0.337. The van der Waals surface area contributed by atoms with Gasteiger partial charge in [-0.1, -0.05) is 65.9 Å².